The molecule has 0 amide bonds. The third-order valence-electron chi connectivity index (χ3n) is 6.81. The summed E-state index contributed by atoms with van der Waals surface area (Å²) in [4.78, 5) is 25.2. The van der Waals surface area contributed by atoms with Crippen molar-refractivity contribution < 1.29 is 58.8 Å². The average molecular weight is 541 g/mol. The lowest BCUT2D eigenvalue weighted by atomic mass is 9.80. The van der Waals surface area contributed by atoms with Crippen LogP contribution in [0.1, 0.15) is 33.1 Å². The molecule has 12 nitrogen and oxygen atoms in total. The molecule has 3 aliphatic rings. The highest BCUT2D eigenvalue weighted by Crippen LogP contribution is 2.40. The Bertz CT molecular complexity index is 954. The van der Waals surface area contributed by atoms with Crippen molar-refractivity contribution in [2.45, 2.75) is 76.4 Å². The lowest BCUT2D eigenvalue weighted by Gasteiger charge is -2.44. The molecule has 0 aromatic rings. The Labute approximate surface area is 220 Å². The third-order valence-corrected chi connectivity index (χ3v) is 6.81. The Kier molecular flexibility index (Phi) is 10.6. The Balaban J connectivity index is 1.66. The molecule has 2 fully saturated rings. The first kappa shape index (κ1) is 30.0. The van der Waals surface area contributed by atoms with E-state index in [0.717, 1.165) is 11.8 Å². The fraction of sp³-hybridized carbons (Fsp3) is 0.615. The van der Waals surface area contributed by atoms with Crippen LogP contribution in [0.4, 0.5) is 0 Å². The fourth-order valence-electron chi connectivity index (χ4n) is 4.49. The number of esters is 2. The molecule has 38 heavy (non-hydrogen) atoms. The summed E-state index contributed by atoms with van der Waals surface area (Å²) in [5, 5.41) is 48.7. The Hall–Kier alpha value is -2.58. The summed E-state index contributed by atoms with van der Waals surface area (Å²) in [7, 11) is 0. The van der Waals surface area contributed by atoms with E-state index in [1.165, 1.54) is 6.08 Å². The quantitative estimate of drug-likeness (QED) is 0.142. The molecule has 2 saturated heterocycles. The number of rotatable bonds is 10. The zero-order valence-corrected chi connectivity index (χ0v) is 21.3. The number of carbonyl (C=O) groups is 2. The second kappa shape index (κ2) is 13.5. The minimum absolute atomic E-state index is 0.0492. The first-order valence-electron chi connectivity index (χ1n) is 12.4. The van der Waals surface area contributed by atoms with E-state index in [9.17, 15) is 30.0 Å². The van der Waals surface area contributed by atoms with E-state index in [1.807, 2.05) is 6.92 Å². The van der Waals surface area contributed by atoms with Crippen molar-refractivity contribution in [1.82, 2.24) is 0 Å². The summed E-state index contributed by atoms with van der Waals surface area (Å²) >= 11 is 0. The SMILES string of the molecule is C=C[C@H]1[C@H](O[C@@H]2O[C@H](CO)[C@@H](O)[C@H](O)[C@H]2O)OC=C2C(=O)O[C@H](OC(=O)/C(C)=C/CC/C(C)=C/CO)C[C@H]21. The number of hydrogen-bond donors (Lipinski definition) is 5. The lowest BCUT2D eigenvalue weighted by molar-refractivity contribution is -0.340. The maximum atomic E-state index is 12.6. The summed E-state index contributed by atoms with van der Waals surface area (Å²) in [6, 6.07) is 0. The summed E-state index contributed by atoms with van der Waals surface area (Å²) in [5.41, 5.74) is 1.52. The van der Waals surface area contributed by atoms with E-state index in [4.69, 9.17) is 28.8 Å². The number of fused-ring (bicyclic) bond motifs is 1. The Morgan fingerprint density at radius 3 is 2.53 bits per heavy atom. The first-order chi connectivity index (χ1) is 18.1. The second-order valence-electron chi connectivity index (χ2n) is 9.47. The van der Waals surface area contributed by atoms with Crippen molar-refractivity contribution in [1.29, 1.82) is 0 Å². The molecule has 0 aromatic carbocycles. The molecule has 5 N–H and O–H groups in total. The van der Waals surface area contributed by atoms with Crippen LogP contribution in [-0.4, -0.2) is 94.0 Å². The minimum Gasteiger partial charge on any atom is -0.471 e. The molecule has 0 radical (unpaired) electrons. The van der Waals surface area contributed by atoms with Gasteiger partial charge in [-0.3, -0.25) is 0 Å². The van der Waals surface area contributed by atoms with Gasteiger partial charge in [0.05, 0.1) is 25.0 Å². The predicted molar refractivity (Wildman–Crippen MR) is 129 cm³/mol. The van der Waals surface area contributed by atoms with Gasteiger partial charge in [0, 0.05) is 23.8 Å². The highest BCUT2D eigenvalue weighted by molar-refractivity contribution is 5.91. The van der Waals surface area contributed by atoms with Crippen LogP contribution < -0.4 is 0 Å². The Morgan fingerprint density at radius 2 is 1.87 bits per heavy atom. The van der Waals surface area contributed by atoms with Crippen molar-refractivity contribution in [3.63, 3.8) is 0 Å². The zero-order chi connectivity index (χ0) is 28.0. The normalized spacial score (nSPS) is 35.9. The molecular formula is C26H36O12. The van der Waals surface area contributed by atoms with E-state index in [2.05, 4.69) is 6.58 Å². The highest BCUT2D eigenvalue weighted by atomic mass is 16.8. The van der Waals surface area contributed by atoms with Gasteiger partial charge in [-0.15, -0.1) is 6.58 Å². The van der Waals surface area contributed by atoms with Gasteiger partial charge in [-0.25, -0.2) is 9.59 Å². The monoisotopic (exact) mass is 540 g/mol. The predicted octanol–water partition coefficient (Wildman–Crippen LogP) is -0.0572. The van der Waals surface area contributed by atoms with Gasteiger partial charge in [-0.2, -0.15) is 0 Å². The number of hydrogen-bond acceptors (Lipinski definition) is 12. The van der Waals surface area contributed by atoms with Crippen molar-refractivity contribution >= 4 is 11.9 Å². The summed E-state index contributed by atoms with van der Waals surface area (Å²) < 4.78 is 27.4. The van der Waals surface area contributed by atoms with Crippen LogP contribution in [0.2, 0.25) is 0 Å². The molecule has 12 heteroatoms. The van der Waals surface area contributed by atoms with Crippen LogP contribution in [0.3, 0.4) is 0 Å². The van der Waals surface area contributed by atoms with Crippen molar-refractivity contribution in [3.05, 3.63) is 47.8 Å². The van der Waals surface area contributed by atoms with Gasteiger partial charge in [0.1, 0.15) is 24.4 Å². The summed E-state index contributed by atoms with van der Waals surface area (Å²) in [6.07, 6.45) is -2.41. The first-order valence-corrected chi connectivity index (χ1v) is 12.4. The summed E-state index contributed by atoms with van der Waals surface area (Å²) in [6.45, 7) is 6.58. The van der Waals surface area contributed by atoms with Crippen LogP contribution in [0.15, 0.2) is 47.8 Å². The zero-order valence-electron chi connectivity index (χ0n) is 21.3. The fourth-order valence-corrected chi connectivity index (χ4v) is 4.49. The maximum absolute atomic E-state index is 12.6. The molecule has 0 spiro atoms. The maximum Gasteiger partial charge on any atom is 0.340 e. The lowest BCUT2D eigenvalue weighted by Crippen LogP contribution is -2.60. The average Bonchev–Trinajstić information content (AvgIpc) is 2.88. The number of aliphatic hydroxyl groups is 5. The molecule has 0 aliphatic carbocycles. The molecular weight excluding hydrogens is 504 g/mol. The molecule has 212 valence electrons. The highest BCUT2D eigenvalue weighted by Gasteiger charge is 2.49. The number of allylic oxidation sites excluding steroid dienone is 2. The van der Waals surface area contributed by atoms with E-state index >= 15 is 0 Å². The molecule has 3 aliphatic heterocycles. The van der Waals surface area contributed by atoms with Gasteiger partial charge in [-0.05, 0) is 26.7 Å². The van der Waals surface area contributed by atoms with Crippen LogP contribution in [0.5, 0.6) is 0 Å². The molecule has 3 heterocycles. The van der Waals surface area contributed by atoms with Crippen LogP contribution in [-0.2, 0) is 33.3 Å². The van der Waals surface area contributed by atoms with E-state index in [0.29, 0.717) is 18.4 Å². The van der Waals surface area contributed by atoms with Gasteiger partial charge in [-0.1, -0.05) is 23.8 Å². The smallest absolute Gasteiger partial charge is 0.340 e. The number of carbonyl (C=O) groups excluding carboxylic acids is 2. The molecule has 3 rings (SSSR count). The van der Waals surface area contributed by atoms with Crippen LogP contribution in [0, 0.1) is 11.8 Å². The molecule has 9 atom stereocenters. The van der Waals surface area contributed by atoms with E-state index in [1.54, 1.807) is 19.1 Å². The van der Waals surface area contributed by atoms with Crippen molar-refractivity contribution in [3.8, 4) is 0 Å². The molecule has 0 aromatic heterocycles. The third kappa shape index (κ3) is 6.89. The van der Waals surface area contributed by atoms with Gasteiger partial charge in [0.25, 0.3) is 0 Å². The Morgan fingerprint density at radius 1 is 1.13 bits per heavy atom. The van der Waals surface area contributed by atoms with Crippen LogP contribution in [0.25, 0.3) is 0 Å². The number of ether oxygens (including phenoxy) is 5. The molecule has 0 unspecified atom stereocenters. The standard InChI is InChI=1S/C26H36O12/c1-4-15-16-10-19(36-23(32)14(3)7-5-6-13(2)8-9-27)37-24(33)17(16)12-34-25(15)38-26-22(31)21(30)20(29)18(11-28)35-26/h4,7-8,12,15-16,18-22,25-31H,1,5-6,9-11H2,2-3H3/b13-8+,14-7+/t15-,16+,18-,19+,20-,21+,22-,25+,26+/m1/s1. The topological polar surface area (TPSA) is 181 Å². The van der Waals surface area contributed by atoms with Crippen molar-refractivity contribution in [2.24, 2.45) is 11.8 Å². The summed E-state index contributed by atoms with van der Waals surface area (Å²) in [5.74, 6) is -2.63. The molecule has 0 saturated carbocycles. The largest absolute Gasteiger partial charge is 0.471 e. The number of cyclic esters (lactones) is 1. The van der Waals surface area contributed by atoms with Crippen LogP contribution >= 0.6 is 0 Å². The second-order valence-corrected chi connectivity index (χ2v) is 9.47. The van der Waals surface area contributed by atoms with Gasteiger partial charge in [0.15, 0.2) is 6.29 Å². The van der Waals surface area contributed by atoms with Gasteiger partial charge < -0.3 is 49.2 Å². The van der Waals surface area contributed by atoms with E-state index < -0.39 is 73.7 Å². The van der Waals surface area contributed by atoms with E-state index in [-0.39, 0.29) is 18.6 Å². The van der Waals surface area contributed by atoms with Gasteiger partial charge >= 0.3 is 11.9 Å². The van der Waals surface area contributed by atoms with Gasteiger partial charge in [0.2, 0.25) is 12.6 Å². The molecule has 0 bridgehead atoms. The van der Waals surface area contributed by atoms with Crippen molar-refractivity contribution in [2.75, 3.05) is 13.2 Å². The minimum atomic E-state index is -1.64. The number of aliphatic hydroxyl groups excluding tert-OH is 5.